The van der Waals surface area contributed by atoms with E-state index in [0.717, 1.165) is 16.3 Å². The largest absolute Gasteiger partial charge is 0.403 e. The van der Waals surface area contributed by atoms with Gasteiger partial charge in [-0.15, -0.1) is 0 Å². The fourth-order valence-corrected chi connectivity index (χ4v) is 3.78. The zero-order valence-electron chi connectivity index (χ0n) is 16.8. The number of rotatable bonds is 3. The second-order valence-corrected chi connectivity index (χ2v) is 7.30. The van der Waals surface area contributed by atoms with Crippen molar-refractivity contribution in [3.05, 3.63) is 106 Å². The van der Waals surface area contributed by atoms with Gasteiger partial charge in [0.2, 0.25) is 5.89 Å². The third kappa shape index (κ3) is 3.36. The van der Waals surface area contributed by atoms with Crippen molar-refractivity contribution in [3.63, 3.8) is 0 Å². The molecule has 5 heteroatoms. The summed E-state index contributed by atoms with van der Waals surface area (Å²) >= 11 is 0. The van der Waals surface area contributed by atoms with Crippen LogP contribution in [-0.4, -0.2) is 10.9 Å². The predicted molar refractivity (Wildman–Crippen MR) is 122 cm³/mol. The molecule has 1 amide bonds. The SMILES string of the molecule is Cc1ccc2ccccc2c1C(=O)Nc1ccccc1-c1nc2ccccc2c(=O)o1. The van der Waals surface area contributed by atoms with Crippen molar-refractivity contribution in [3.8, 4) is 11.5 Å². The fourth-order valence-electron chi connectivity index (χ4n) is 3.78. The van der Waals surface area contributed by atoms with Gasteiger partial charge in [-0.1, -0.05) is 60.7 Å². The predicted octanol–water partition coefficient (Wildman–Crippen LogP) is 5.57. The number of nitrogens with zero attached hydrogens (tertiary/aromatic N) is 1. The third-order valence-corrected chi connectivity index (χ3v) is 5.31. The number of para-hydroxylation sites is 2. The van der Waals surface area contributed by atoms with Crippen LogP contribution in [0.3, 0.4) is 0 Å². The molecule has 0 aliphatic heterocycles. The Morgan fingerprint density at radius 3 is 2.42 bits per heavy atom. The summed E-state index contributed by atoms with van der Waals surface area (Å²) in [4.78, 5) is 30.2. The van der Waals surface area contributed by atoms with Gasteiger partial charge in [-0.3, -0.25) is 4.79 Å². The first-order valence-electron chi connectivity index (χ1n) is 9.91. The number of aryl methyl sites for hydroxylation is 1. The normalized spacial score (nSPS) is 11.0. The highest BCUT2D eigenvalue weighted by molar-refractivity contribution is 6.14. The van der Waals surface area contributed by atoms with E-state index in [1.54, 1.807) is 30.3 Å². The van der Waals surface area contributed by atoms with E-state index in [1.165, 1.54) is 0 Å². The molecule has 0 fully saturated rings. The topological polar surface area (TPSA) is 72.2 Å². The molecule has 0 spiro atoms. The zero-order valence-corrected chi connectivity index (χ0v) is 16.8. The number of hydrogen-bond donors (Lipinski definition) is 1. The van der Waals surface area contributed by atoms with Gasteiger partial charge in [-0.2, -0.15) is 0 Å². The lowest BCUT2D eigenvalue weighted by molar-refractivity contribution is 0.102. The summed E-state index contributed by atoms with van der Waals surface area (Å²) < 4.78 is 5.48. The Bertz CT molecular complexity index is 1520. The minimum atomic E-state index is -0.466. The summed E-state index contributed by atoms with van der Waals surface area (Å²) in [6, 6.07) is 25.9. The molecule has 1 N–H and O–H groups in total. The van der Waals surface area contributed by atoms with Crippen molar-refractivity contribution in [2.75, 3.05) is 5.32 Å². The standard InChI is InChI=1S/C26H18N2O3/c1-16-14-15-17-8-2-3-9-18(17)23(16)24(29)27-21-12-6-4-10-19(21)25-28-22-13-7-5-11-20(22)26(30)31-25/h2-15H,1H3,(H,27,29). The van der Waals surface area contributed by atoms with E-state index in [9.17, 15) is 9.59 Å². The highest BCUT2D eigenvalue weighted by Gasteiger charge is 2.17. The maximum absolute atomic E-state index is 13.3. The van der Waals surface area contributed by atoms with Gasteiger partial charge in [-0.25, -0.2) is 9.78 Å². The molecule has 1 aromatic heterocycles. The van der Waals surface area contributed by atoms with Crippen LogP contribution >= 0.6 is 0 Å². The van der Waals surface area contributed by atoms with E-state index < -0.39 is 5.63 Å². The van der Waals surface area contributed by atoms with Gasteiger partial charge in [0.25, 0.3) is 5.91 Å². The number of benzene rings is 4. The zero-order chi connectivity index (χ0) is 21.4. The van der Waals surface area contributed by atoms with Gasteiger partial charge in [0.1, 0.15) is 0 Å². The van der Waals surface area contributed by atoms with E-state index in [0.29, 0.717) is 27.7 Å². The molecular formula is C26H18N2O3. The molecule has 5 aromatic rings. The second kappa shape index (κ2) is 7.54. The quantitative estimate of drug-likeness (QED) is 0.425. The summed E-state index contributed by atoms with van der Waals surface area (Å²) in [6.07, 6.45) is 0. The summed E-state index contributed by atoms with van der Waals surface area (Å²) in [7, 11) is 0. The molecule has 0 saturated carbocycles. The second-order valence-electron chi connectivity index (χ2n) is 7.30. The van der Waals surface area contributed by atoms with Gasteiger partial charge in [0.05, 0.1) is 27.7 Å². The number of amides is 1. The molecule has 0 saturated heterocycles. The maximum atomic E-state index is 13.3. The Morgan fingerprint density at radius 1 is 0.839 bits per heavy atom. The van der Waals surface area contributed by atoms with Crippen molar-refractivity contribution in [2.45, 2.75) is 6.92 Å². The first-order chi connectivity index (χ1) is 15.1. The monoisotopic (exact) mass is 406 g/mol. The molecule has 150 valence electrons. The Hall–Kier alpha value is -4.25. The Labute approximate surface area is 178 Å². The first kappa shape index (κ1) is 18.8. The van der Waals surface area contributed by atoms with Crippen LogP contribution < -0.4 is 10.9 Å². The molecule has 4 aromatic carbocycles. The number of fused-ring (bicyclic) bond motifs is 2. The average Bonchev–Trinajstić information content (AvgIpc) is 2.79. The van der Waals surface area contributed by atoms with E-state index >= 15 is 0 Å². The van der Waals surface area contributed by atoms with Crippen molar-refractivity contribution in [1.82, 2.24) is 4.98 Å². The lowest BCUT2D eigenvalue weighted by Crippen LogP contribution is -2.15. The van der Waals surface area contributed by atoms with Gasteiger partial charge >= 0.3 is 5.63 Å². The lowest BCUT2D eigenvalue weighted by Gasteiger charge is -2.13. The van der Waals surface area contributed by atoms with Gasteiger partial charge in [-0.05, 0) is 47.5 Å². The Balaban J connectivity index is 1.60. The first-order valence-corrected chi connectivity index (χ1v) is 9.91. The van der Waals surface area contributed by atoms with E-state index in [1.807, 2.05) is 61.5 Å². The number of nitrogens with one attached hydrogen (secondary N) is 1. The number of hydrogen-bond acceptors (Lipinski definition) is 4. The van der Waals surface area contributed by atoms with Crippen molar-refractivity contribution < 1.29 is 9.21 Å². The Morgan fingerprint density at radius 2 is 1.55 bits per heavy atom. The van der Waals surface area contributed by atoms with Crippen LogP contribution in [0.15, 0.2) is 94.1 Å². The third-order valence-electron chi connectivity index (χ3n) is 5.31. The maximum Gasteiger partial charge on any atom is 0.347 e. The molecule has 5 nitrogen and oxygen atoms in total. The molecule has 5 rings (SSSR count). The van der Waals surface area contributed by atoms with E-state index in [2.05, 4.69) is 10.3 Å². The lowest BCUT2D eigenvalue weighted by atomic mass is 9.99. The number of carbonyl (C=O) groups excluding carboxylic acids is 1. The Kier molecular flexibility index (Phi) is 4.56. The van der Waals surface area contributed by atoms with Crippen LogP contribution in [0, 0.1) is 6.92 Å². The van der Waals surface area contributed by atoms with Crippen molar-refractivity contribution in [2.24, 2.45) is 0 Å². The van der Waals surface area contributed by atoms with Crippen LogP contribution in [0.4, 0.5) is 5.69 Å². The van der Waals surface area contributed by atoms with Crippen LogP contribution in [0.25, 0.3) is 33.1 Å². The van der Waals surface area contributed by atoms with Gasteiger partial charge < -0.3 is 9.73 Å². The fraction of sp³-hybridized carbons (Fsp3) is 0.0385. The van der Waals surface area contributed by atoms with Crippen LogP contribution in [-0.2, 0) is 0 Å². The minimum absolute atomic E-state index is 0.161. The van der Waals surface area contributed by atoms with Crippen LogP contribution in [0.1, 0.15) is 15.9 Å². The van der Waals surface area contributed by atoms with Crippen molar-refractivity contribution in [1.29, 1.82) is 0 Å². The number of aromatic nitrogens is 1. The van der Waals surface area contributed by atoms with Gasteiger partial charge in [0, 0.05) is 0 Å². The minimum Gasteiger partial charge on any atom is -0.403 e. The van der Waals surface area contributed by atoms with Crippen LogP contribution in [0.2, 0.25) is 0 Å². The molecule has 0 unspecified atom stereocenters. The summed E-state index contributed by atoms with van der Waals surface area (Å²) in [5, 5.41) is 5.28. The van der Waals surface area contributed by atoms with Gasteiger partial charge in [0.15, 0.2) is 0 Å². The van der Waals surface area contributed by atoms with E-state index in [-0.39, 0.29) is 11.8 Å². The highest BCUT2D eigenvalue weighted by Crippen LogP contribution is 2.29. The molecular weight excluding hydrogens is 388 g/mol. The molecule has 31 heavy (non-hydrogen) atoms. The molecule has 0 atom stereocenters. The van der Waals surface area contributed by atoms with E-state index in [4.69, 9.17) is 4.42 Å². The molecule has 1 heterocycles. The summed E-state index contributed by atoms with van der Waals surface area (Å²) in [5.74, 6) is -0.0703. The summed E-state index contributed by atoms with van der Waals surface area (Å²) in [5.41, 5.74) is 2.62. The highest BCUT2D eigenvalue weighted by atomic mass is 16.4. The number of anilines is 1. The van der Waals surface area contributed by atoms with Crippen molar-refractivity contribution >= 4 is 33.3 Å². The number of carbonyl (C=O) groups is 1. The smallest absolute Gasteiger partial charge is 0.347 e. The molecule has 0 radical (unpaired) electrons. The molecule has 0 bridgehead atoms. The summed E-state index contributed by atoms with van der Waals surface area (Å²) in [6.45, 7) is 1.91. The average molecular weight is 406 g/mol. The molecule has 0 aliphatic carbocycles. The van der Waals surface area contributed by atoms with Crippen LogP contribution in [0.5, 0.6) is 0 Å². The molecule has 0 aliphatic rings.